The Bertz CT molecular complexity index is 558. The topological polar surface area (TPSA) is 65.0 Å². The number of carbonyl (C=O) groups is 1. The van der Waals surface area contributed by atoms with Crippen LogP contribution in [0.15, 0.2) is 30.3 Å². The van der Waals surface area contributed by atoms with E-state index in [1.54, 1.807) is 0 Å². The first-order chi connectivity index (χ1) is 8.16. The molecule has 2 aromatic rings. The van der Waals surface area contributed by atoms with E-state index in [0.29, 0.717) is 6.54 Å². The van der Waals surface area contributed by atoms with Crippen LogP contribution in [0, 0.1) is 6.92 Å². The standard InChI is InChI=1S/C13H14N2O2.Na/c1-9-5-6-10-3-2-4-11(13(10)15-9)14-8-7-12(16)17;/h2-6,14H,7-8H2,1H3,(H,16,17);/q;+1/p-1. The molecule has 0 atom stereocenters. The number of benzene rings is 1. The fourth-order valence-corrected chi connectivity index (χ4v) is 1.69. The number of aliphatic carboxylic acids is 1. The van der Waals surface area contributed by atoms with Gasteiger partial charge in [-0.2, -0.15) is 0 Å². The molecule has 5 heteroatoms. The summed E-state index contributed by atoms with van der Waals surface area (Å²) >= 11 is 0. The van der Waals surface area contributed by atoms with Crippen molar-refractivity contribution in [2.45, 2.75) is 13.3 Å². The van der Waals surface area contributed by atoms with Crippen molar-refractivity contribution >= 4 is 22.6 Å². The van der Waals surface area contributed by atoms with Crippen LogP contribution < -0.4 is 40.0 Å². The van der Waals surface area contributed by atoms with Crippen LogP contribution in [-0.2, 0) is 4.79 Å². The summed E-state index contributed by atoms with van der Waals surface area (Å²) in [4.78, 5) is 14.8. The van der Waals surface area contributed by atoms with Gasteiger partial charge in [-0.25, -0.2) is 0 Å². The summed E-state index contributed by atoms with van der Waals surface area (Å²) in [6.45, 7) is 2.27. The van der Waals surface area contributed by atoms with Gasteiger partial charge in [0.05, 0.1) is 11.2 Å². The largest absolute Gasteiger partial charge is 1.00 e. The Kier molecular flexibility index (Phi) is 5.59. The number of carbonyl (C=O) groups excluding carboxylic acids is 1. The maximum atomic E-state index is 10.3. The second kappa shape index (κ2) is 6.73. The number of pyridine rings is 1. The van der Waals surface area contributed by atoms with E-state index < -0.39 is 5.97 Å². The molecule has 0 aliphatic heterocycles. The maximum Gasteiger partial charge on any atom is 1.00 e. The van der Waals surface area contributed by atoms with Gasteiger partial charge in [-0.05, 0) is 19.1 Å². The van der Waals surface area contributed by atoms with Crippen molar-refractivity contribution in [3.63, 3.8) is 0 Å². The number of hydrogen-bond acceptors (Lipinski definition) is 4. The van der Waals surface area contributed by atoms with Crippen LogP contribution in [0.4, 0.5) is 5.69 Å². The summed E-state index contributed by atoms with van der Waals surface area (Å²) in [7, 11) is 0. The van der Waals surface area contributed by atoms with Crippen LogP contribution in [0.3, 0.4) is 0 Å². The van der Waals surface area contributed by atoms with Gasteiger partial charge in [0.15, 0.2) is 0 Å². The Balaban J connectivity index is 0.00000162. The first-order valence-corrected chi connectivity index (χ1v) is 5.47. The zero-order valence-electron chi connectivity index (χ0n) is 10.6. The summed E-state index contributed by atoms with van der Waals surface area (Å²) < 4.78 is 0. The quantitative estimate of drug-likeness (QED) is 0.646. The molecule has 1 N–H and O–H groups in total. The van der Waals surface area contributed by atoms with Crippen molar-refractivity contribution in [3.8, 4) is 0 Å². The number of aryl methyl sites for hydroxylation is 1. The van der Waals surface area contributed by atoms with Crippen molar-refractivity contribution in [2.24, 2.45) is 0 Å². The molecule has 0 bridgehead atoms. The van der Waals surface area contributed by atoms with Gasteiger partial charge in [0.1, 0.15) is 0 Å². The number of nitrogens with one attached hydrogen (secondary N) is 1. The molecule has 88 valence electrons. The van der Waals surface area contributed by atoms with Crippen molar-refractivity contribution in [1.29, 1.82) is 0 Å². The minimum Gasteiger partial charge on any atom is -0.550 e. The molecule has 0 aliphatic rings. The summed E-state index contributed by atoms with van der Waals surface area (Å²) in [6, 6.07) is 9.74. The van der Waals surface area contributed by atoms with Crippen molar-refractivity contribution in [2.75, 3.05) is 11.9 Å². The first-order valence-electron chi connectivity index (χ1n) is 5.47. The van der Waals surface area contributed by atoms with E-state index in [9.17, 15) is 9.90 Å². The summed E-state index contributed by atoms with van der Waals surface area (Å²) in [5.74, 6) is -1.05. The third-order valence-electron chi connectivity index (χ3n) is 2.50. The summed E-state index contributed by atoms with van der Waals surface area (Å²) in [5.41, 5.74) is 2.66. The SMILES string of the molecule is Cc1ccc2cccc(NCCC(=O)[O-])c2n1.[Na+]. The molecule has 0 unspecified atom stereocenters. The fourth-order valence-electron chi connectivity index (χ4n) is 1.69. The zero-order valence-corrected chi connectivity index (χ0v) is 12.6. The average molecular weight is 252 g/mol. The van der Waals surface area contributed by atoms with E-state index in [2.05, 4.69) is 10.3 Å². The van der Waals surface area contributed by atoms with E-state index >= 15 is 0 Å². The number of nitrogens with zero attached hydrogens (tertiary/aromatic N) is 1. The Morgan fingerprint density at radius 1 is 1.33 bits per heavy atom. The smallest absolute Gasteiger partial charge is 0.550 e. The van der Waals surface area contributed by atoms with E-state index in [0.717, 1.165) is 22.3 Å². The van der Waals surface area contributed by atoms with Gasteiger partial charge in [0, 0.05) is 30.0 Å². The number of para-hydroxylation sites is 1. The molecule has 0 aliphatic carbocycles. The molecule has 2 rings (SSSR count). The molecule has 0 amide bonds. The number of aromatic nitrogens is 1. The molecule has 4 nitrogen and oxygen atoms in total. The van der Waals surface area contributed by atoms with Crippen LogP contribution in [0.5, 0.6) is 0 Å². The van der Waals surface area contributed by atoms with Gasteiger partial charge in [-0.1, -0.05) is 18.2 Å². The number of carboxylic acids is 1. The number of anilines is 1. The second-order valence-corrected chi connectivity index (χ2v) is 3.88. The van der Waals surface area contributed by atoms with Gasteiger partial charge in [0.2, 0.25) is 0 Å². The van der Waals surface area contributed by atoms with Crippen LogP contribution >= 0.6 is 0 Å². The molecule has 0 fully saturated rings. The molecule has 0 radical (unpaired) electrons. The van der Waals surface area contributed by atoms with Crippen molar-refractivity contribution in [3.05, 3.63) is 36.0 Å². The molecular formula is C13H13N2NaO2. The van der Waals surface area contributed by atoms with E-state index in [4.69, 9.17) is 0 Å². The number of fused-ring (bicyclic) bond motifs is 1. The molecule has 1 aromatic carbocycles. The minimum absolute atomic E-state index is 0. The average Bonchev–Trinajstić information content (AvgIpc) is 2.29. The zero-order chi connectivity index (χ0) is 12.3. The molecule has 0 spiro atoms. The van der Waals surface area contributed by atoms with Crippen molar-refractivity contribution < 1.29 is 39.5 Å². The van der Waals surface area contributed by atoms with Gasteiger partial charge >= 0.3 is 29.6 Å². The minimum atomic E-state index is -1.05. The molecule has 18 heavy (non-hydrogen) atoms. The Labute approximate surface area is 128 Å². The molecule has 0 saturated heterocycles. The predicted octanol–water partition coefficient (Wildman–Crippen LogP) is -1.90. The Morgan fingerprint density at radius 2 is 2.11 bits per heavy atom. The maximum absolute atomic E-state index is 10.3. The third-order valence-corrected chi connectivity index (χ3v) is 2.50. The van der Waals surface area contributed by atoms with Gasteiger partial charge in [0.25, 0.3) is 0 Å². The van der Waals surface area contributed by atoms with Crippen LogP contribution in [0.2, 0.25) is 0 Å². The van der Waals surface area contributed by atoms with Gasteiger partial charge in [-0.15, -0.1) is 0 Å². The molecule has 1 heterocycles. The Hall–Kier alpha value is -1.10. The molecular weight excluding hydrogens is 239 g/mol. The van der Waals surface area contributed by atoms with E-state index in [1.165, 1.54) is 0 Å². The molecule has 1 aromatic heterocycles. The van der Waals surface area contributed by atoms with Crippen LogP contribution in [0.1, 0.15) is 12.1 Å². The van der Waals surface area contributed by atoms with Crippen molar-refractivity contribution in [1.82, 2.24) is 4.98 Å². The summed E-state index contributed by atoms with van der Waals surface area (Å²) in [5, 5.41) is 14.4. The summed E-state index contributed by atoms with van der Waals surface area (Å²) in [6.07, 6.45) is -0.0117. The monoisotopic (exact) mass is 252 g/mol. The Morgan fingerprint density at radius 3 is 2.83 bits per heavy atom. The van der Waals surface area contributed by atoms with Crippen LogP contribution in [-0.4, -0.2) is 17.5 Å². The number of carboxylic acid groups (broad SMARTS) is 1. The third kappa shape index (κ3) is 3.70. The van der Waals surface area contributed by atoms with E-state index in [-0.39, 0.29) is 36.0 Å². The normalized spacial score (nSPS) is 9.83. The molecule has 0 saturated carbocycles. The van der Waals surface area contributed by atoms with Crippen LogP contribution in [0.25, 0.3) is 10.9 Å². The van der Waals surface area contributed by atoms with Gasteiger partial charge in [-0.3, -0.25) is 4.98 Å². The number of rotatable bonds is 4. The predicted molar refractivity (Wildman–Crippen MR) is 64.6 cm³/mol. The second-order valence-electron chi connectivity index (χ2n) is 3.88. The fraction of sp³-hybridized carbons (Fsp3) is 0.231. The first kappa shape index (κ1) is 15.0. The number of hydrogen-bond donors (Lipinski definition) is 1. The van der Waals surface area contributed by atoms with E-state index in [1.807, 2.05) is 37.3 Å². The van der Waals surface area contributed by atoms with Gasteiger partial charge < -0.3 is 15.2 Å².